The lowest BCUT2D eigenvalue weighted by molar-refractivity contribution is -0.122. The van der Waals surface area contributed by atoms with Gasteiger partial charge < -0.3 is 9.47 Å². The van der Waals surface area contributed by atoms with Crippen molar-refractivity contribution in [1.82, 2.24) is 4.90 Å². The third kappa shape index (κ3) is 5.63. The van der Waals surface area contributed by atoms with Crippen LogP contribution in [0.4, 0.5) is 5.69 Å². The van der Waals surface area contributed by atoms with E-state index in [1.54, 1.807) is 12.0 Å². The fourth-order valence-electron chi connectivity index (χ4n) is 3.76. The summed E-state index contributed by atoms with van der Waals surface area (Å²) >= 11 is 5.03. The summed E-state index contributed by atoms with van der Waals surface area (Å²) in [6, 6.07) is 19.8. The van der Waals surface area contributed by atoms with Crippen LogP contribution < -0.4 is 9.47 Å². The van der Waals surface area contributed by atoms with Gasteiger partial charge in [-0.2, -0.15) is 0 Å². The largest absolute Gasteiger partial charge is 0.493 e. The summed E-state index contributed by atoms with van der Waals surface area (Å²) in [6.07, 6.45) is 1.87. The molecule has 0 bridgehead atoms. The van der Waals surface area contributed by atoms with Gasteiger partial charge in [-0.1, -0.05) is 64.5 Å². The maximum Gasteiger partial charge on any atom is 0.266 e. The van der Waals surface area contributed by atoms with Gasteiger partial charge in [-0.05, 0) is 73.0 Å². The van der Waals surface area contributed by atoms with E-state index in [-0.39, 0.29) is 5.91 Å². The Kier molecular flexibility index (Phi) is 7.98. The molecule has 0 aliphatic carbocycles. The molecule has 4 rings (SSSR count). The summed E-state index contributed by atoms with van der Waals surface area (Å²) in [7, 11) is 1.61. The number of amidine groups is 1. The van der Waals surface area contributed by atoms with Crippen LogP contribution in [0.3, 0.4) is 0 Å². The number of aliphatic imine (C=N–C) groups is 1. The van der Waals surface area contributed by atoms with E-state index in [1.165, 1.54) is 11.8 Å². The molecule has 35 heavy (non-hydrogen) atoms. The molecule has 0 atom stereocenters. The molecule has 0 unspecified atom stereocenters. The molecule has 0 N–H and O–H groups in total. The van der Waals surface area contributed by atoms with Gasteiger partial charge in [0.1, 0.15) is 6.61 Å². The number of halogens is 1. The molecular formula is C28H27BrN2O3S. The second-order valence-corrected chi connectivity index (χ2v) is 9.96. The number of rotatable bonds is 7. The van der Waals surface area contributed by atoms with Crippen LogP contribution >= 0.6 is 27.7 Å². The molecule has 7 heteroatoms. The number of methoxy groups -OCH3 is 1. The number of carbonyl (C=O) groups is 1. The van der Waals surface area contributed by atoms with E-state index in [9.17, 15) is 4.79 Å². The topological polar surface area (TPSA) is 51.1 Å². The number of hydrogen-bond donors (Lipinski definition) is 0. The van der Waals surface area contributed by atoms with E-state index in [0.29, 0.717) is 34.7 Å². The van der Waals surface area contributed by atoms with Crippen LogP contribution in [-0.4, -0.2) is 29.6 Å². The standard InChI is InChI=1S/C28H27BrN2O3S/c1-5-31-27(32)25(35-28(31)30-26-18(2)10-9-11-19(26)3)15-21-14-23(33-4)24(16-22(21)29)34-17-20-12-7-6-8-13-20/h6-16H,5,17H2,1-4H3/b25-15+,30-28?. The normalized spacial score (nSPS) is 15.8. The third-order valence-corrected chi connectivity index (χ3v) is 7.35. The summed E-state index contributed by atoms with van der Waals surface area (Å²) in [5, 5.41) is 0.687. The SMILES string of the molecule is CCN1C(=O)/C(=C\c2cc(OC)c(OCc3ccccc3)cc2Br)SC1=Nc1c(C)cccc1C. The molecule has 1 heterocycles. The van der Waals surface area contributed by atoms with Crippen molar-refractivity contribution in [3.05, 3.63) is 92.3 Å². The Bertz CT molecular complexity index is 1280. The maximum atomic E-state index is 13.2. The highest BCUT2D eigenvalue weighted by molar-refractivity contribution is 9.10. The molecule has 0 saturated carbocycles. The van der Waals surface area contributed by atoms with Crippen molar-refractivity contribution < 1.29 is 14.3 Å². The first-order chi connectivity index (χ1) is 16.9. The van der Waals surface area contributed by atoms with Crippen molar-refractivity contribution in [1.29, 1.82) is 0 Å². The summed E-state index contributed by atoms with van der Waals surface area (Å²) in [4.78, 5) is 20.4. The minimum Gasteiger partial charge on any atom is -0.493 e. The number of aryl methyl sites for hydroxylation is 2. The van der Waals surface area contributed by atoms with Crippen molar-refractivity contribution >= 4 is 50.5 Å². The molecule has 1 aliphatic rings. The Morgan fingerprint density at radius 1 is 1.03 bits per heavy atom. The van der Waals surface area contributed by atoms with E-state index < -0.39 is 0 Å². The average molecular weight is 552 g/mol. The number of amides is 1. The lowest BCUT2D eigenvalue weighted by Crippen LogP contribution is -2.28. The monoisotopic (exact) mass is 550 g/mol. The minimum atomic E-state index is -0.0576. The molecule has 0 aromatic heterocycles. The van der Waals surface area contributed by atoms with E-state index >= 15 is 0 Å². The quantitative estimate of drug-likeness (QED) is 0.290. The van der Waals surface area contributed by atoms with Crippen LogP contribution in [0.25, 0.3) is 6.08 Å². The Labute approximate surface area is 219 Å². The van der Waals surface area contributed by atoms with E-state index in [0.717, 1.165) is 32.4 Å². The van der Waals surface area contributed by atoms with Crippen LogP contribution in [0.1, 0.15) is 29.2 Å². The first-order valence-electron chi connectivity index (χ1n) is 11.3. The molecule has 180 valence electrons. The van der Waals surface area contributed by atoms with Gasteiger partial charge in [0.25, 0.3) is 5.91 Å². The lowest BCUT2D eigenvalue weighted by atomic mass is 10.1. The zero-order valence-electron chi connectivity index (χ0n) is 20.2. The van der Waals surface area contributed by atoms with E-state index in [1.807, 2.05) is 87.5 Å². The van der Waals surface area contributed by atoms with Gasteiger partial charge in [0, 0.05) is 11.0 Å². The van der Waals surface area contributed by atoms with Gasteiger partial charge in [-0.15, -0.1) is 0 Å². The Balaban J connectivity index is 1.63. The number of thioether (sulfide) groups is 1. The van der Waals surface area contributed by atoms with Gasteiger partial charge in [0.2, 0.25) is 0 Å². The summed E-state index contributed by atoms with van der Waals surface area (Å²) in [5.41, 5.74) is 4.97. The number of para-hydroxylation sites is 1. The number of nitrogens with zero attached hydrogens (tertiary/aromatic N) is 2. The Hall–Kier alpha value is -3.03. The van der Waals surface area contributed by atoms with Crippen LogP contribution in [0.2, 0.25) is 0 Å². The van der Waals surface area contributed by atoms with Crippen LogP contribution in [0, 0.1) is 13.8 Å². The molecule has 1 aliphatic heterocycles. The first-order valence-corrected chi connectivity index (χ1v) is 12.9. The molecule has 3 aromatic carbocycles. The number of carbonyl (C=O) groups excluding carboxylic acids is 1. The van der Waals surface area contributed by atoms with Crippen molar-refractivity contribution in [2.75, 3.05) is 13.7 Å². The summed E-state index contributed by atoms with van der Waals surface area (Å²) in [5.74, 6) is 1.17. The molecular weight excluding hydrogens is 524 g/mol. The van der Waals surface area contributed by atoms with Gasteiger partial charge in [0.05, 0.1) is 17.7 Å². The molecule has 1 fully saturated rings. The van der Waals surface area contributed by atoms with Gasteiger partial charge >= 0.3 is 0 Å². The second kappa shape index (κ2) is 11.1. The highest BCUT2D eigenvalue weighted by Crippen LogP contribution is 2.39. The van der Waals surface area contributed by atoms with Crippen molar-refractivity contribution in [3.63, 3.8) is 0 Å². The minimum absolute atomic E-state index is 0.0576. The smallest absolute Gasteiger partial charge is 0.266 e. The van der Waals surface area contributed by atoms with Crippen LogP contribution in [0.15, 0.2) is 75.0 Å². The molecule has 0 radical (unpaired) electrons. The third-order valence-electron chi connectivity index (χ3n) is 5.66. The summed E-state index contributed by atoms with van der Waals surface area (Å²) in [6.45, 7) is 7.00. The summed E-state index contributed by atoms with van der Waals surface area (Å²) < 4.78 is 12.4. The Morgan fingerprint density at radius 2 is 1.74 bits per heavy atom. The highest BCUT2D eigenvalue weighted by atomic mass is 79.9. The van der Waals surface area contributed by atoms with Crippen LogP contribution in [0.5, 0.6) is 11.5 Å². The molecule has 1 saturated heterocycles. The van der Waals surface area contributed by atoms with Crippen molar-refractivity contribution in [3.8, 4) is 11.5 Å². The first kappa shape index (κ1) is 25.1. The van der Waals surface area contributed by atoms with Crippen molar-refractivity contribution in [2.24, 2.45) is 4.99 Å². The molecule has 1 amide bonds. The number of benzene rings is 3. The molecule has 3 aromatic rings. The van der Waals surface area contributed by atoms with E-state index in [2.05, 4.69) is 15.9 Å². The molecule has 5 nitrogen and oxygen atoms in total. The predicted molar refractivity (Wildman–Crippen MR) is 147 cm³/mol. The maximum absolute atomic E-state index is 13.2. The van der Waals surface area contributed by atoms with Gasteiger partial charge in [-0.3, -0.25) is 9.69 Å². The highest BCUT2D eigenvalue weighted by Gasteiger charge is 2.32. The van der Waals surface area contributed by atoms with Crippen molar-refractivity contribution in [2.45, 2.75) is 27.4 Å². The predicted octanol–water partition coefficient (Wildman–Crippen LogP) is 7.28. The average Bonchev–Trinajstić information content (AvgIpc) is 3.15. The lowest BCUT2D eigenvalue weighted by Gasteiger charge is -2.14. The fourth-order valence-corrected chi connectivity index (χ4v) is 5.23. The van der Waals surface area contributed by atoms with Crippen LogP contribution in [-0.2, 0) is 11.4 Å². The van der Waals surface area contributed by atoms with E-state index in [4.69, 9.17) is 14.5 Å². The number of hydrogen-bond acceptors (Lipinski definition) is 5. The second-order valence-electron chi connectivity index (χ2n) is 8.09. The zero-order chi connectivity index (χ0) is 24.9. The number of likely N-dealkylation sites (N-methyl/N-ethyl adjacent to an activating group) is 1. The zero-order valence-corrected chi connectivity index (χ0v) is 22.6. The number of ether oxygens (including phenoxy) is 2. The van der Waals surface area contributed by atoms with Gasteiger partial charge in [-0.25, -0.2) is 4.99 Å². The fraction of sp³-hybridized carbons (Fsp3) is 0.214. The molecule has 0 spiro atoms. The Morgan fingerprint density at radius 3 is 2.40 bits per heavy atom. The van der Waals surface area contributed by atoms with Gasteiger partial charge in [0.15, 0.2) is 16.7 Å².